The van der Waals surface area contributed by atoms with Crippen LogP contribution in [0.1, 0.15) is 5.82 Å². The van der Waals surface area contributed by atoms with Crippen LogP contribution in [-0.2, 0) is 5.75 Å². The Morgan fingerprint density at radius 1 is 1.25 bits per heavy atom. The summed E-state index contributed by atoms with van der Waals surface area (Å²) in [7, 11) is 0. The zero-order valence-electron chi connectivity index (χ0n) is 10.2. The second-order valence-electron chi connectivity index (χ2n) is 3.94. The van der Waals surface area contributed by atoms with Crippen molar-refractivity contribution in [2.75, 3.05) is 5.73 Å². The van der Waals surface area contributed by atoms with Crippen LogP contribution in [0.3, 0.4) is 0 Å². The fourth-order valence-electron chi connectivity index (χ4n) is 1.58. The molecule has 1 aromatic carbocycles. The van der Waals surface area contributed by atoms with Crippen LogP contribution < -0.4 is 5.73 Å². The highest BCUT2D eigenvalue weighted by molar-refractivity contribution is 7.98. The van der Waals surface area contributed by atoms with Gasteiger partial charge in [-0.3, -0.25) is 0 Å². The van der Waals surface area contributed by atoms with Crippen molar-refractivity contribution < 1.29 is 4.52 Å². The van der Waals surface area contributed by atoms with Gasteiger partial charge in [-0.1, -0.05) is 28.9 Å². The summed E-state index contributed by atoms with van der Waals surface area (Å²) in [6.45, 7) is 0. The Labute approximate surface area is 129 Å². The molecule has 4 nitrogen and oxygen atoms in total. The minimum atomic E-state index is 0.501. The van der Waals surface area contributed by atoms with Crippen LogP contribution >= 0.6 is 34.7 Å². The maximum absolute atomic E-state index is 6.10. The Kier molecular flexibility index (Phi) is 3.95. The van der Waals surface area contributed by atoms with Crippen molar-refractivity contribution >= 4 is 39.7 Å². The van der Waals surface area contributed by atoms with Gasteiger partial charge in [-0.05, 0) is 24.3 Å². The lowest BCUT2D eigenvalue weighted by molar-refractivity contribution is 0.426. The molecule has 0 fully saturated rings. The zero-order chi connectivity index (χ0) is 13.9. The van der Waals surface area contributed by atoms with Crippen molar-refractivity contribution in [2.24, 2.45) is 0 Å². The second-order valence-corrected chi connectivity index (χ2v) is 6.48. The molecular formula is C13H10ClN3OS2. The number of rotatable bonds is 4. The van der Waals surface area contributed by atoms with Gasteiger partial charge in [-0.25, -0.2) is 0 Å². The van der Waals surface area contributed by atoms with Crippen molar-refractivity contribution in [1.82, 2.24) is 10.1 Å². The predicted octanol–water partition coefficient (Wildman–Crippen LogP) is 4.33. The molecule has 0 bridgehead atoms. The normalized spacial score (nSPS) is 10.8. The lowest BCUT2D eigenvalue weighted by atomic mass is 10.4. The number of nitrogens with two attached hydrogens (primary N) is 1. The fourth-order valence-corrected chi connectivity index (χ4v) is 3.36. The number of thiophene rings is 1. The third-order valence-electron chi connectivity index (χ3n) is 2.50. The lowest BCUT2D eigenvalue weighted by Gasteiger charge is -2.00. The Bertz CT molecular complexity index is 726. The summed E-state index contributed by atoms with van der Waals surface area (Å²) in [5, 5.41) is 5.42. The molecule has 0 spiro atoms. The fraction of sp³-hybridized carbons (Fsp3) is 0.0769. The first-order chi connectivity index (χ1) is 9.72. The highest BCUT2D eigenvalue weighted by Crippen LogP contribution is 2.31. The summed E-state index contributed by atoms with van der Waals surface area (Å²) in [5.41, 5.74) is 5.68. The van der Waals surface area contributed by atoms with Gasteiger partial charge >= 0.3 is 0 Å². The highest BCUT2D eigenvalue weighted by Gasteiger charge is 2.11. The summed E-state index contributed by atoms with van der Waals surface area (Å²) in [6, 6.07) is 11.4. The molecule has 7 heteroatoms. The first-order valence-electron chi connectivity index (χ1n) is 5.78. The molecule has 2 aromatic heterocycles. The number of nitrogens with zero attached hydrogens (tertiary/aromatic N) is 2. The van der Waals surface area contributed by atoms with E-state index in [1.807, 2.05) is 36.4 Å². The van der Waals surface area contributed by atoms with Gasteiger partial charge in [0, 0.05) is 4.90 Å². The first-order valence-corrected chi connectivity index (χ1v) is 7.96. The molecule has 0 amide bonds. The zero-order valence-corrected chi connectivity index (χ0v) is 12.6. The molecule has 0 aliphatic heterocycles. The van der Waals surface area contributed by atoms with Crippen LogP contribution in [0.25, 0.3) is 10.8 Å². The van der Waals surface area contributed by atoms with Gasteiger partial charge < -0.3 is 10.3 Å². The van der Waals surface area contributed by atoms with Crippen LogP contribution in [0.15, 0.2) is 45.8 Å². The lowest BCUT2D eigenvalue weighted by Crippen LogP contribution is -1.84. The van der Waals surface area contributed by atoms with E-state index in [1.54, 1.807) is 11.8 Å². The summed E-state index contributed by atoms with van der Waals surface area (Å²) in [4.78, 5) is 6.23. The second kappa shape index (κ2) is 5.87. The highest BCUT2D eigenvalue weighted by atomic mass is 35.5. The molecular weight excluding hydrogens is 314 g/mol. The van der Waals surface area contributed by atoms with Gasteiger partial charge in [0.05, 0.1) is 20.7 Å². The molecule has 2 N–H and O–H groups in total. The molecule has 3 rings (SSSR count). The number of thioether (sulfide) groups is 1. The number of hydrogen-bond acceptors (Lipinski definition) is 6. The topological polar surface area (TPSA) is 64.9 Å². The molecule has 0 aliphatic carbocycles. The van der Waals surface area contributed by atoms with Crippen LogP contribution in [0.2, 0.25) is 5.02 Å². The Morgan fingerprint density at radius 2 is 2.10 bits per heavy atom. The van der Waals surface area contributed by atoms with E-state index >= 15 is 0 Å². The molecule has 0 aliphatic rings. The number of nitrogen functional groups attached to an aromatic ring is 1. The van der Waals surface area contributed by atoms with Crippen LogP contribution in [0, 0.1) is 0 Å². The van der Waals surface area contributed by atoms with E-state index in [4.69, 9.17) is 21.9 Å². The van der Waals surface area contributed by atoms with Crippen molar-refractivity contribution in [3.05, 3.63) is 47.2 Å². The van der Waals surface area contributed by atoms with Gasteiger partial charge in [-0.15, -0.1) is 23.1 Å². The predicted molar refractivity (Wildman–Crippen MR) is 83.0 cm³/mol. The van der Waals surface area contributed by atoms with E-state index in [1.165, 1.54) is 11.3 Å². The largest absolute Gasteiger partial charge is 0.391 e. The van der Waals surface area contributed by atoms with Crippen LogP contribution in [0.4, 0.5) is 5.00 Å². The summed E-state index contributed by atoms with van der Waals surface area (Å²) in [5.74, 6) is 1.74. The summed E-state index contributed by atoms with van der Waals surface area (Å²) in [6.07, 6.45) is 0. The van der Waals surface area contributed by atoms with E-state index in [0.717, 1.165) is 19.8 Å². The van der Waals surface area contributed by atoms with E-state index in [-0.39, 0.29) is 0 Å². The van der Waals surface area contributed by atoms with Crippen molar-refractivity contribution in [3.8, 4) is 10.8 Å². The van der Waals surface area contributed by atoms with E-state index < -0.39 is 0 Å². The molecule has 0 radical (unpaired) electrons. The molecule has 102 valence electrons. The van der Waals surface area contributed by atoms with Crippen molar-refractivity contribution in [1.29, 1.82) is 0 Å². The third kappa shape index (κ3) is 2.98. The van der Waals surface area contributed by atoms with Crippen molar-refractivity contribution in [3.63, 3.8) is 0 Å². The quantitative estimate of drug-likeness (QED) is 0.724. The molecule has 0 saturated heterocycles. The van der Waals surface area contributed by atoms with Gasteiger partial charge in [0.2, 0.25) is 0 Å². The van der Waals surface area contributed by atoms with E-state index in [2.05, 4.69) is 10.1 Å². The van der Waals surface area contributed by atoms with Gasteiger partial charge in [-0.2, -0.15) is 4.98 Å². The van der Waals surface area contributed by atoms with Crippen LogP contribution in [0.5, 0.6) is 0 Å². The van der Waals surface area contributed by atoms with Gasteiger partial charge in [0.25, 0.3) is 5.89 Å². The molecule has 20 heavy (non-hydrogen) atoms. The minimum Gasteiger partial charge on any atom is -0.391 e. The molecule has 0 saturated carbocycles. The Balaban J connectivity index is 1.70. The summed E-state index contributed by atoms with van der Waals surface area (Å²) < 4.78 is 5.23. The molecule has 3 aromatic rings. The van der Waals surface area contributed by atoms with Gasteiger partial charge in [0.15, 0.2) is 5.82 Å². The van der Waals surface area contributed by atoms with Crippen LogP contribution in [-0.4, -0.2) is 10.1 Å². The summed E-state index contributed by atoms with van der Waals surface area (Å²) >= 11 is 9.10. The standard InChI is InChI=1S/C13H10ClN3OS2/c14-8-3-1-2-4-9(8)19-7-12-16-13(18-17-12)10-5-6-11(15)20-10/h1-6H,7,15H2. The number of halogens is 1. The number of hydrogen-bond donors (Lipinski definition) is 1. The maximum atomic E-state index is 6.10. The monoisotopic (exact) mass is 323 g/mol. The number of benzene rings is 1. The average molecular weight is 324 g/mol. The van der Waals surface area contributed by atoms with E-state index in [9.17, 15) is 0 Å². The third-order valence-corrected chi connectivity index (χ3v) is 4.91. The SMILES string of the molecule is Nc1ccc(-c2nc(CSc3ccccc3Cl)no2)s1. The van der Waals surface area contributed by atoms with E-state index in [0.29, 0.717) is 17.5 Å². The molecule has 0 atom stereocenters. The molecule has 2 heterocycles. The first kappa shape index (κ1) is 13.5. The Hall–Kier alpha value is -1.50. The minimum absolute atomic E-state index is 0.501. The number of aromatic nitrogens is 2. The van der Waals surface area contributed by atoms with Gasteiger partial charge in [0.1, 0.15) is 0 Å². The average Bonchev–Trinajstić information content (AvgIpc) is 3.06. The number of anilines is 1. The Morgan fingerprint density at radius 3 is 2.85 bits per heavy atom. The smallest absolute Gasteiger partial charge is 0.268 e. The maximum Gasteiger partial charge on any atom is 0.268 e. The molecule has 0 unspecified atom stereocenters. The van der Waals surface area contributed by atoms with Crippen molar-refractivity contribution in [2.45, 2.75) is 10.6 Å².